The first kappa shape index (κ1) is 18.8. The number of alkyl halides is 1. The fraction of sp³-hybridized carbons (Fsp3) is 0.778. The summed E-state index contributed by atoms with van der Waals surface area (Å²) < 4.78 is -0.00959. The van der Waals surface area contributed by atoms with Crippen LogP contribution in [-0.2, 0) is 0 Å². The highest BCUT2D eigenvalue weighted by molar-refractivity contribution is 9.10. The number of unbranched alkanes of at least 4 members (excludes halogenated alkanes) is 6. The maximum Gasteiger partial charge on any atom is 0.0647 e. The molecule has 1 aliphatic rings. The molecule has 0 heterocycles. The summed E-state index contributed by atoms with van der Waals surface area (Å²) in [6.07, 6.45) is 18.0. The third kappa shape index (κ3) is 7.01. The van der Waals surface area contributed by atoms with Gasteiger partial charge in [-0.05, 0) is 31.5 Å². The van der Waals surface area contributed by atoms with E-state index >= 15 is 0 Å². The zero-order valence-corrected chi connectivity index (χ0v) is 15.4. The van der Waals surface area contributed by atoms with Crippen LogP contribution in [0.1, 0.15) is 71.6 Å². The molecule has 3 N–H and O–H groups in total. The predicted octanol–water partition coefficient (Wildman–Crippen LogP) is 5.04. The maximum atomic E-state index is 6.01. The molecule has 2 unspecified atom stereocenters. The van der Waals surface area contributed by atoms with Gasteiger partial charge in [0.05, 0.1) is 4.32 Å². The van der Waals surface area contributed by atoms with Crippen molar-refractivity contribution in [3.63, 3.8) is 0 Å². The van der Waals surface area contributed by atoms with Crippen molar-refractivity contribution in [3.8, 4) is 0 Å². The first-order chi connectivity index (χ1) is 10.1. The molecule has 0 saturated heterocycles. The number of hydrogen-bond acceptors (Lipinski definition) is 2. The topological polar surface area (TPSA) is 38.0 Å². The normalized spacial score (nSPS) is 25.1. The van der Waals surface area contributed by atoms with Crippen LogP contribution in [-0.4, -0.2) is 16.9 Å². The molecule has 1 aliphatic carbocycles. The van der Waals surface area contributed by atoms with E-state index in [0.29, 0.717) is 6.04 Å². The van der Waals surface area contributed by atoms with Gasteiger partial charge in [0, 0.05) is 11.7 Å². The molecule has 0 bridgehead atoms. The molecule has 2 atom stereocenters. The SMILES string of the molecule is CCCCCCNC1C=CC(N)=CC1(Br)CCCCCC. The molecular weight excluding hydrogens is 324 g/mol. The number of hydrogen-bond donors (Lipinski definition) is 2. The molecule has 21 heavy (non-hydrogen) atoms. The van der Waals surface area contributed by atoms with Gasteiger partial charge in [0.25, 0.3) is 0 Å². The average molecular weight is 357 g/mol. The highest BCUT2D eigenvalue weighted by Gasteiger charge is 2.34. The zero-order valence-electron chi connectivity index (χ0n) is 13.8. The molecule has 0 aromatic heterocycles. The average Bonchev–Trinajstić information content (AvgIpc) is 2.45. The second-order valence-corrected chi connectivity index (χ2v) is 7.71. The number of nitrogens with one attached hydrogen (secondary N) is 1. The van der Waals surface area contributed by atoms with Gasteiger partial charge in [-0.3, -0.25) is 0 Å². The molecule has 0 aromatic carbocycles. The minimum absolute atomic E-state index is 0.00959. The van der Waals surface area contributed by atoms with Crippen LogP contribution in [0, 0.1) is 0 Å². The standard InChI is InChI=1S/C18H33BrN2/c1-3-5-7-9-13-18(19)15-16(20)11-12-17(18)21-14-10-8-6-4-2/h11-12,15,17,21H,3-10,13-14,20H2,1-2H3. The highest BCUT2D eigenvalue weighted by atomic mass is 79.9. The molecule has 0 aliphatic heterocycles. The van der Waals surface area contributed by atoms with Gasteiger partial charge in [-0.2, -0.15) is 0 Å². The van der Waals surface area contributed by atoms with Crippen molar-refractivity contribution < 1.29 is 0 Å². The van der Waals surface area contributed by atoms with Crippen LogP contribution in [0.5, 0.6) is 0 Å². The maximum absolute atomic E-state index is 6.01. The van der Waals surface area contributed by atoms with Crippen molar-refractivity contribution in [1.29, 1.82) is 0 Å². The Balaban J connectivity index is 2.44. The molecule has 0 saturated carbocycles. The Morgan fingerprint density at radius 2 is 1.76 bits per heavy atom. The van der Waals surface area contributed by atoms with Crippen LogP contribution in [0.2, 0.25) is 0 Å². The molecule has 1 rings (SSSR count). The van der Waals surface area contributed by atoms with Gasteiger partial charge in [-0.1, -0.05) is 80.8 Å². The van der Waals surface area contributed by atoms with E-state index in [9.17, 15) is 0 Å². The molecule has 2 nitrogen and oxygen atoms in total. The number of rotatable bonds is 11. The van der Waals surface area contributed by atoms with Gasteiger partial charge < -0.3 is 11.1 Å². The molecule has 122 valence electrons. The Kier molecular flexibility index (Phi) is 9.34. The van der Waals surface area contributed by atoms with Crippen LogP contribution in [0.4, 0.5) is 0 Å². The zero-order chi connectivity index (χ0) is 15.6. The first-order valence-corrected chi connectivity index (χ1v) is 9.50. The van der Waals surface area contributed by atoms with Crippen molar-refractivity contribution in [3.05, 3.63) is 23.9 Å². The molecular formula is C18H33BrN2. The van der Waals surface area contributed by atoms with E-state index in [1.807, 2.05) is 6.08 Å². The van der Waals surface area contributed by atoms with Crippen molar-refractivity contribution in [2.24, 2.45) is 5.73 Å². The summed E-state index contributed by atoms with van der Waals surface area (Å²) in [5, 5.41) is 3.70. The van der Waals surface area contributed by atoms with Crippen LogP contribution >= 0.6 is 15.9 Å². The fourth-order valence-electron chi connectivity index (χ4n) is 2.88. The minimum atomic E-state index is -0.00959. The Morgan fingerprint density at radius 1 is 1.10 bits per heavy atom. The van der Waals surface area contributed by atoms with Gasteiger partial charge >= 0.3 is 0 Å². The van der Waals surface area contributed by atoms with E-state index in [-0.39, 0.29) is 4.32 Å². The highest BCUT2D eigenvalue weighted by Crippen LogP contribution is 2.35. The lowest BCUT2D eigenvalue weighted by molar-refractivity contribution is 0.454. The molecule has 0 amide bonds. The van der Waals surface area contributed by atoms with E-state index in [1.54, 1.807) is 0 Å². The van der Waals surface area contributed by atoms with Gasteiger partial charge in [-0.15, -0.1) is 0 Å². The molecule has 3 heteroatoms. The van der Waals surface area contributed by atoms with E-state index in [0.717, 1.165) is 18.7 Å². The van der Waals surface area contributed by atoms with Crippen LogP contribution < -0.4 is 11.1 Å². The van der Waals surface area contributed by atoms with Crippen molar-refractivity contribution in [2.75, 3.05) is 6.54 Å². The van der Waals surface area contributed by atoms with Crippen LogP contribution in [0.15, 0.2) is 23.9 Å². The largest absolute Gasteiger partial charge is 0.399 e. The molecule has 0 radical (unpaired) electrons. The summed E-state index contributed by atoms with van der Waals surface area (Å²) in [6.45, 7) is 5.60. The predicted molar refractivity (Wildman–Crippen MR) is 97.8 cm³/mol. The Bertz CT molecular complexity index is 338. The fourth-order valence-corrected chi connectivity index (χ4v) is 3.74. The van der Waals surface area contributed by atoms with Crippen molar-refractivity contribution >= 4 is 15.9 Å². The van der Waals surface area contributed by atoms with Gasteiger partial charge in [-0.25, -0.2) is 0 Å². The lowest BCUT2D eigenvalue weighted by Gasteiger charge is -2.35. The number of allylic oxidation sites excluding steroid dienone is 1. The number of nitrogens with two attached hydrogens (primary N) is 1. The summed E-state index contributed by atoms with van der Waals surface area (Å²) in [6, 6.07) is 0.355. The third-order valence-corrected chi connectivity index (χ3v) is 5.33. The number of halogens is 1. The summed E-state index contributed by atoms with van der Waals surface area (Å²) in [5.74, 6) is 0. The lowest BCUT2D eigenvalue weighted by Crippen LogP contribution is -2.46. The first-order valence-electron chi connectivity index (χ1n) is 8.71. The van der Waals surface area contributed by atoms with Gasteiger partial charge in [0.1, 0.15) is 0 Å². The molecule has 0 fully saturated rings. The Morgan fingerprint density at radius 3 is 2.43 bits per heavy atom. The van der Waals surface area contributed by atoms with Crippen LogP contribution in [0.25, 0.3) is 0 Å². The van der Waals surface area contributed by atoms with Crippen molar-refractivity contribution in [1.82, 2.24) is 5.32 Å². The quantitative estimate of drug-likeness (QED) is 0.401. The van der Waals surface area contributed by atoms with E-state index in [4.69, 9.17) is 5.73 Å². The smallest absolute Gasteiger partial charge is 0.0647 e. The monoisotopic (exact) mass is 356 g/mol. The molecule has 0 aromatic rings. The van der Waals surface area contributed by atoms with Crippen LogP contribution in [0.3, 0.4) is 0 Å². The molecule has 0 spiro atoms. The van der Waals surface area contributed by atoms with E-state index in [2.05, 4.69) is 47.2 Å². The second kappa shape index (κ2) is 10.4. The van der Waals surface area contributed by atoms with Crippen molar-refractivity contribution in [2.45, 2.75) is 82.0 Å². The summed E-state index contributed by atoms with van der Waals surface area (Å²) in [5.41, 5.74) is 6.89. The summed E-state index contributed by atoms with van der Waals surface area (Å²) in [7, 11) is 0. The minimum Gasteiger partial charge on any atom is -0.399 e. The van der Waals surface area contributed by atoms with E-state index in [1.165, 1.54) is 51.4 Å². The Labute approximate surface area is 139 Å². The summed E-state index contributed by atoms with van der Waals surface area (Å²) in [4.78, 5) is 0. The third-order valence-electron chi connectivity index (χ3n) is 4.21. The second-order valence-electron chi connectivity index (χ2n) is 6.23. The van der Waals surface area contributed by atoms with Gasteiger partial charge in [0.15, 0.2) is 0 Å². The lowest BCUT2D eigenvalue weighted by atomic mass is 9.88. The van der Waals surface area contributed by atoms with E-state index < -0.39 is 0 Å². The van der Waals surface area contributed by atoms with Gasteiger partial charge in [0.2, 0.25) is 0 Å². The Hall–Kier alpha value is -0.280. The summed E-state index contributed by atoms with van der Waals surface area (Å²) >= 11 is 3.97.